The van der Waals surface area contributed by atoms with Gasteiger partial charge in [-0.05, 0) is 64.3 Å². The lowest BCUT2D eigenvalue weighted by molar-refractivity contribution is -0.132. The number of anilines is 1. The maximum Gasteiger partial charge on any atom is 0.412 e. The predicted octanol–water partition coefficient (Wildman–Crippen LogP) is 4.92. The lowest BCUT2D eigenvalue weighted by Gasteiger charge is -2.22. The highest BCUT2D eigenvalue weighted by Gasteiger charge is 2.22. The van der Waals surface area contributed by atoms with E-state index in [2.05, 4.69) is 10.6 Å². The minimum Gasteiger partial charge on any atom is -0.483 e. The van der Waals surface area contributed by atoms with Gasteiger partial charge in [0, 0.05) is 29.9 Å². The van der Waals surface area contributed by atoms with Crippen molar-refractivity contribution in [2.24, 2.45) is 0 Å². The van der Waals surface area contributed by atoms with E-state index in [1.54, 1.807) is 45.0 Å². The van der Waals surface area contributed by atoms with Crippen LogP contribution in [0.1, 0.15) is 68.9 Å². The molecule has 0 saturated carbocycles. The Morgan fingerprint density at radius 3 is 2.43 bits per heavy atom. The smallest absolute Gasteiger partial charge is 0.412 e. The van der Waals surface area contributed by atoms with Crippen LogP contribution in [0.3, 0.4) is 0 Å². The standard InChI is InChI=1S/C27H35N3O5/c1-5-22(21-13-6-7-14-23(21)34-18-24(31)30-15-8-9-16-30)29-25(32)19-11-10-12-20(17-19)28-26(33)35-27(2,3)4/h6-7,10-14,17,22H,5,8-9,15-16,18H2,1-4H3,(H,28,33)(H,29,32). The van der Waals surface area contributed by atoms with Gasteiger partial charge in [-0.15, -0.1) is 0 Å². The molecule has 0 aromatic heterocycles. The van der Waals surface area contributed by atoms with Crippen molar-refractivity contribution in [2.45, 2.75) is 58.6 Å². The maximum absolute atomic E-state index is 13.0. The highest BCUT2D eigenvalue weighted by atomic mass is 16.6. The van der Waals surface area contributed by atoms with Gasteiger partial charge in [0.15, 0.2) is 6.61 Å². The number of benzene rings is 2. The van der Waals surface area contributed by atoms with E-state index in [1.165, 1.54) is 0 Å². The third-order valence-electron chi connectivity index (χ3n) is 5.59. The number of ether oxygens (including phenoxy) is 2. The molecule has 2 N–H and O–H groups in total. The summed E-state index contributed by atoms with van der Waals surface area (Å²) in [6, 6.07) is 13.8. The van der Waals surface area contributed by atoms with E-state index in [0.717, 1.165) is 31.5 Å². The summed E-state index contributed by atoms with van der Waals surface area (Å²) < 4.78 is 11.2. The molecular formula is C27H35N3O5. The third-order valence-corrected chi connectivity index (χ3v) is 5.59. The molecule has 1 heterocycles. The first-order valence-corrected chi connectivity index (χ1v) is 12.1. The molecule has 8 heteroatoms. The van der Waals surface area contributed by atoms with Gasteiger partial charge in [0.2, 0.25) is 0 Å². The SMILES string of the molecule is CCC(NC(=O)c1cccc(NC(=O)OC(C)(C)C)c1)c1ccccc1OCC(=O)N1CCCC1. The topological polar surface area (TPSA) is 97.0 Å². The van der Waals surface area contributed by atoms with Gasteiger partial charge < -0.3 is 19.7 Å². The Morgan fingerprint density at radius 2 is 1.74 bits per heavy atom. The molecular weight excluding hydrogens is 446 g/mol. The van der Waals surface area contributed by atoms with Gasteiger partial charge in [-0.1, -0.05) is 31.2 Å². The number of hydrogen-bond donors (Lipinski definition) is 2. The minimum absolute atomic E-state index is 0.0244. The Hall–Kier alpha value is -3.55. The second kappa shape index (κ2) is 11.7. The van der Waals surface area contributed by atoms with Crippen molar-refractivity contribution in [2.75, 3.05) is 25.0 Å². The zero-order chi connectivity index (χ0) is 25.4. The molecule has 3 rings (SSSR count). The highest BCUT2D eigenvalue weighted by molar-refractivity contribution is 5.96. The molecule has 3 amide bonds. The molecule has 1 unspecified atom stereocenters. The van der Waals surface area contributed by atoms with E-state index in [9.17, 15) is 14.4 Å². The molecule has 1 aliphatic rings. The molecule has 8 nitrogen and oxygen atoms in total. The van der Waals surface area contributed by atoms with E-state index in [-0.39, 0.29) is 24.5 Å². The summed E-state index contributed by atoms with van der Waals surface area (Å²) in [6.07, 6.45) is 2.10. The van der Waals surface area contributed by atoms with Crippen LogP contribution in [0.15, 0.2) is 48.5 Å². The van der Waals surface area contributed by atoms with Crippen LogP contribution in [0.25, 0.3) is 0 Å². The largest absolute Gasteiger partial charge is 0.483 e. The Labute approximate surface area is 207 Å². The molecule has 1 fully saturated rings. The van der Waals surface area contributed by atoms with E-state index < -0.39 is 11.7 Å². The van der Waals surface area contributed by atoms with Gasteiger partial charge in [0.1, 0.15) is 11.4 Å². The van der Waals surface area contributed by atoms with E-state index >= 15 is 0 Å². The van der Waals surface area contributed by atoms with Crippen LogP contribution >= 0.6 is 0 Å². The molecule has 0 spiro atoms. The summed E-state index contributed by atoms with van der Waals surface area (Å²) in [5.74, 6) is 0.267. The fourth-order valence-corrected chi connectivity index (χ4v) is 3.90. The summed E-state index contributed by atoms with van der Waals surface area (Å²) in [4.78, 5) is 39.4. The maximum atomic E-state index is 13.0. The predicted molar refractivity (Wildman–Crippen MR) is 135 cm³/mol. The number of carbonyl (C=O) groups is 3. The molecule has 35 heavy (non-hydrogen) atoms. The first kappa shape index (κ1) is 26.1. The number of amides is 3. The normalized spacial score (nSPS) is 14.2. The quantitative estimate of drug-likeness (QED) is 0.558. The first-order chi connectivity index (χ1) is 16.7. The number of nitrogens with one attached hydrogen (secondary N) is 2. The van der Waals surface area contributed by atoms with Gasteiger partial charge >= 0.3 is 6.09 Å². The van der Waals surface area contributed by atoms with Crippen molar-refractivity contribution in [1.29, 1.82) is 0 Å². The average molecular weight is 482 g/mol. The number of likely N-dealkylation sites (tertiary alicyclic amines) is 1. The van der Waals surface area contributed by atoms with Crippen molar-refractivity contribution >= 4 is 23.6 Å². The molecule has 1 atom stereocenters. The van der Waals surface area contributed by atoms with Gasteiger partial charge in [-0.3, -0.25) is 14.9 Å². The minimum atomic E-state index is -0.623. The molecule has 1 saturated heterocycles. The third kappa shape index (κ3) is 7.73. The Morgan fingerprint density at radius 1 is 1.03 bits per heavy atom. The fourth-order valence-electron chi connectivity index (χ4n) is 3.90. The van der Waals surface area contributed by atoms with Crippen LogP contribution in [-0.2, 0) is 9.53 Å². The summed E-state index contributed by atoms with van der Waals surface area (Å²) in [5, 5.41) is 5.70. The van der Waals surface area contributed by atoms with Gasteiger partial charge in [0.25, 0.3) is 11.8 Å². The van der Waals surface area contributed by atoms with Crippen molar-refractivity contribution in [3.8, 4) is 5.75 Å². The zero-order valence-electron chi connectivity index (χ0n) is 20.9. The summed E-state index contributed by atoms with van der Waals surface area (Å²) in [7, 11) is 0. The molecule has 188 valence electrons. The lowest BCUT2D eigenvalue weighted by Crippen LogP contribution is -2.32. The van der Waals surface area contributed by atoms with Crippen LogP contribution in [0.5, 0.6) is 5.75 Å². The van der Waals surface area contributed by atoms with Crippen LogP contribution in [0.2, 0.25) is 0 Å². The fraction of sp³-hybridized carbons (Fsp3) is 0.444. The van der Waals surface area contributed by atoms with E-state index in [1.807, 2.05) is 36.1 Å². The zero-order valence-corrected chi connectivity index (χ0v) is 20.9. The van der Waals surface area contributed by atoms with Crippen LogP contribution in [0, 0.1) is 0 Å². The lowest BCUT2D eigenvalue weighted by atomic mass is 10.0. The van der Waals surface area contributed by atoms with Crippen LogP contribution in [0.4, 0.5) is 10.5 Å². The van der Waals surface area contributed by atoms with Crippen molar-refractivity contribution in [3.63, 3.8) is 0 Å². The Kier molecular flexibility index (Phi) is 8.73. The summed E-state index contributed by atoms with van der Waals surface area (Å²) >= 11 is 0. The molecule has 2 aromatic rings. The molecule has 0 radical (unpaired) electrons. The number of nitrogens with zero attached hydrogens (tertiary/aromatic N) is 1. The van der Waals surface area contributed by atoms with Crippen molar-refractivity contribution in [1.82, 2.24) is 10.2 Å². The summed E-state index contributed by atoms with van der Waals surface area (Å²) in [6.45, 7) is 8.84. The average Bonchev–Trinajstić information content (AvgIpc) is 3.35. The number of carbonyl (C=O) groups excluding carboxylic acids is 3. The highest BCUT2D eigenvalue weighted by Crippen LogP contribution is 2.28. The van der Waals surface area contributed by atoms with Crippen LogP contribution in [-0.4, -0.2) is 48.1 Å². The van der Waals surface area contributed by atoms with Crippen molar-refractivity contribution in [3.05, 3.63) is 59.7 Å². The van der Waals surface area contributed by atoms with E-state index in [4.69, 9.17) is 9.47 Å². The van der Waals surface area contributed by atoms with Crippen molar-refractivity contribution < 1.29 is 23.9 Å². The van der Waals surface area contributed by atoms with E-state index in [0.29, 0.717) is 23.4 Å². The van der Waals surface area contributed by atoms with Gasteiger partial charge in [0.05, 0.1) is 6.04 Å². The van der Waals surface area contributed by atoms with Gasteiger partial charge in [-0.2, -0.15) is 0 Å². The number of para-hydroxylation sites is 1. The number of rotatable bonds is 8. The monoisotopic (exact) mass is 481 g/mol. The molecule has 2 aromatic carbocycles. The molecule has 1 aliphatic heterocycles. The first-order valence-electron chi connectivity index (χ1n) is 12.1. The van der Waals surface area contributed by atoms with Gasteiger partial charge in [-0.25, -0.2) is 4.79 Å². The molecule has 0 bridgehead atoms. The molecule has 0 aliphatic carbocycles. The Bertz CT molecular complexity index is 1040. The summed E-state index contributed by atoms with van der Waals surface area (Å²) in [5.41, 5.74) is 1.05. The second-order valence-electron chi connectivity index (χ2n) is 9.56. The second-order valence-corrected chi connectivity index (χ2v) is 9.56. The number of hydrogen-bond acceptors (Lipinski definition) is 5. The van der Waals surface area contributed by atoms with Crippen LogP contribution < -0.4 is 15.4 Å². The Balaban J connectivity index is 1.67.